The highest BCUT2D eigenvalue weighted by Crippen LogP contribution is 2.25. The van der Waals surface area contributed by atoms with Crippen LogP contribution in [0.5, 0.6) is 0 Å². The van der Waals surface area contributed by atoms with Crippen molar-refractivity contribution in [2.75, 3.05) is 0 Å². The van der Waals surface area contributed by atoms with Crippen LogP contribution >= 0.6 is 15.9 Å². The van der Waals surface area contributed by atoms with Crippen molar-refractivity contribution >= 4 is 21.9 Å². The second kappa shape index (κ2) is 5.54. The quantitative estimate of drug-likeness (QED) is 0.782. The number of benzene rings is 2. The van der Waals surface area contributed by atoms with Gasteiger partial charge in [0.2, 0.25) is 0 Å². The largest absolute Gasteiger partial charge is 0.478 e. The van der Waals surface area contributed by atoms with Crippen molar-refractivity contribution in [3.05, 3.63) is 70.8 Å². The van der Waals surface area contributed by atoms with Gasteiger partial charge in [-0.05, 0) is 24.3 Å². The molecule has 0 saturated carbocycles. The van der Waals surface area contributed by atoms with Crippen LogP contribution in [0.15, 0.2) is 65.3 Å². The van der Waals surface area contributed by atoms with Crippen LogP contribution in [0.1, 0.15) is 10.4 Å². The van der Waals surface area contributed by atoms with E-state index in [-0.39, 0.29) is 5.56 Å². The average Bonchev–Trinajstić information content (AvgIpc) is 2.94. The minimum absolute atomic E-state index is 0.182. The Hall–Kier alpha value is -2.40. The maximum atomic E-state index is 11.4. The topological polar surface area (TPSA) is 55.1 Å². The number of halogens is 1. The Morgan fingerprint density at radius 1 is 1.05 bits per heavy atom. The molecular formula is C16H11BrN2O2. The Morgan fingerprint density at radius 3 is 2.33 bits per heavy atom. The number of carbonyl (C=O) groups is 1. The third-order valence-electron chi connectivity index (χ3n) is 3.08. The fraction of sp³-hybridized carbons (Fsp3) is 0. The average molecular weight is 343 g/mol. The van der Waals surface area contributed by atoms with E-state index < -0.39 is 5.97 Å². The number of para-hydroxylation sites is 1. The van der Waals surface area contributed by atoms with E-state index in [1.807, 2.05) is 54.6 Å². The molecule has 2 aromatic carbocycles. The molecule has 0 atom stereocenters. The van der Waals surface area contributed by atoms with E-state index in [1.165, 1.54) is 6.20 Å². The van der Waals surface area contributed by atoms with Crippen molar-refractivity contribution in [1.29, 1.82) is 0 Å². The van der Waals surface area contributed by atoms with Gasteiger partial charge in [-0.15, -0.1) is 0 Å². The predicted octanol–water partition coefficient (Wildman–Crippen LogP) is 4.00. The summed E-state index contributed by atoms with van der Waals surface area (Å²) in [5.41, 5.74) is 2.23. The number of nitrogens with zero attached hydrogens (tertiary/aromatic N) is 2. The summed E-state index contributed by atoms with van der Waals surface area (Å²) in [6.45, 7) is 0. The summed E-state index contributed by atoms with van der Waals surface area (Å²) in [6.07, 6.45) is 1.54. The van der Waals surface area contributed by atoms with Gasteiger partial charge in [-0.1, -0.05) is 46.3 Å². The molecule has 21 heavy (non-hydrogen) atoms. The van der Waals surface area contributed by atoms with Gasteiger partial charge >= 0.3 is 5.97 Å². The van der Waals surface area contributed by atoms with Crippen LogP contribution in [0.3, 0.4) is 0 Å². The summed E-state index contributed by atoms with van der Waals surface area (Å²) >= 11 is 3.37. The first kappa shape index (κ1) is 13.6. The minimum Gasteiger partial charge on any atom is -0.478 e. The summed E-state index contributed by atoms with van der Waals surface area (Å²) in [7, 11) is 0. The van der Waals surface area contributed by atoms with E-state index in [2.05, 4.69) is 21.0 Å². The second-order valence-corrected chi connectivity index (χ2v) is 5.40. The molecule has 0 spiro atoms. The van der Waals surface area contributed by atoms with E-state index in [0.717, 1.165) is 15.7 Å². The molecule has 0 aliphatic rings. The molecule has 0 amide bonds. The molecule has 0 aliphatic carbocycles. The maximum Gasteiger partial charge on any atom is 0.339 e. The third-order valence-corrected chi connectivity index (χ3v) is 3.61. The van der Waals surface area contributed by atoms with Crippen molar-refractivity contribution in [3.8, 4) is 16.9 Å². The molecule has 0 unspecified atom stereocenters. The van der Waals surface area contributed by atoms with Crippen LogP contribution in [0.25, 0.3) is 16.9 Å². The van der Waals surface area contributed by atoms with Crippen molar-refractivity contribution in [2.45, 2.75) is 0 Å². The van der Waals surface area contributed by atoms with Gasteiger partial charge in [0.25, 0.3) is 0 Å². The molecular weight excluding hydrogens is 332 g/mol. The van der Waals surface area contributed by atoms with Crippen LogP contribution in [0, 0.1) is 0 Å². The number of carboxylic acid groups (broad SMARTS) is 1. The molecule has 1 heterocycles. The molecule has 5 heteroatoms. The predicted molar refractivity (Wildman–Crippen MR) is 83.7 cm³/mol. The van der Waals surface area contributed by atoms with Gasteiger partial charge in [-0.3, -0.25) is 0 Å². The zero-order chi connectivity index (χ0) is 14.8. The van der Waals surface area contributed by atoms with E-state index in [0.29, 0.717) is 5.69 Å². The molecule has 3 rings (SSSR count). The monoisotopic (exact) mass is 342 g/mol. The highest BCUT2D eigenvalue weighted by Gasteiger charge is 2.17. The lowest BCUT2D eigenvalue weighted by Crippen LogP contribution is -1.96. The molecule has 0 fully saturated rings. The number of carboxylic acids is 1. The minimum atomic E-state index is -0.991. The third kappa shape index (κ3) is 2.73. The first-order chi connectivity index (χ1) is 10.1. The number of aromatic nitrogens is 2. The summed E-state index contributed by atoms with van der Waals surface area (Å²) in [4.78, 5) is 11.4. The molecule has 1 aromatic heterocycles. The Labute approximate surface area is 129 Å². The normalized spacial score (nSPS) is 10.5. The van der Waals surface area contributed by atoms with Crippen LogP contribution in [0.4, 0.5) is 0 Å². The Kier molecular flexibility index (Phi) is 3.58. The van der Waals surface area contributed by atoms with E-state index in [9.17, 15) is 9.90 Å². The zero-order valence-electron chi connectivity index (χ0n) is 10.9. The lowest BCUT2D eigenvalue weighted by atomic mass is 10.1. The number of hydrogen-bond donors (Lipinski definition) is 1. The van der Waals surface area contributed by atoms with Gasteiger partial charge in [-0.2, -0.15) is 5.10 Å². The van der Waals surface area contributed by atoms with Gasteiger partial charge in [0.05, 0.1) is 5.69 Å². The smallest absolute Gasteiger partial charge is 0.339 e. The fourth-order valence-corrected chi connectivity index (χ4v) is 2.33. The van der Waals surface area contributed by atoms with Crippen molar-refractivity contribution in [1.82, 2.24) is 9.78 Å². The molecule has 0 radical (unpaired) electrons. The summed E-state index contributed by atoms with van der Waals surface area (Å²) in [5, 5.41) is 13.8. The first-order valence-corrected chi connectivity index (χ1v) is 7.09. The van der Waals surface area contributed by atoms with Gasteiger partial charge in [0, 0.05) is 16.2 Å². The van der Waals surface area contributed by atoms with Crippen molar-refractivity contribution in [3.63, 3.8) is 0 Å². The Bertz CT molecular complexity index is 780. The van der Waals surface area contributed by atoms with Gasteiger partial charge < -0.3 is 5.11 Å². The lowest BCUT2D eigenvalue weighted by molar-refractivity contribution is 0.0697. The number of hydrogen-bond acceptors (Lipinski definition) is 2. The highest BCUT2D eigenvalue weighted by molar-refractivity contribution is 9.10. The molecule has 4 nitrogen and oxygen atoms in total. The summed E-state index contributed by atoms with van der Waals surface area (Å²) in [6, 6.07) is 16.8. The number of aromatic carboxylic acids is 1. The fourth-order valence-electron chi connectivity index (χ4n) is 2.06. The maximum absolute atomic E-state index is 11.4. The first-order valence-electron chi connectivity index (χ1n) is 6.29. The number of rotatable bonds is 3. The molecule has 0 bridgehead atoms. The molecule has 104 valence electrons. The highest BCUT2D eigenvalue weighted by atomic mass is 79.9. The molecule has 0 saturated heterocycles. The van der Waals surface area contributed by atoms with Gasteiger partial charge in [0.1, 0.15) is 11.3 Å². The second-order valence-electron chi connectivity index (χ2n) is 4.48. The van der Waals surface area contributed by atoms with Crippen molar-refractivity contribution in [2.24, 2.45) is 0 Å². The summed E-state index contributed by atoms with van der Waals surface area (Å²) in [5.74, 6) is -0.991. The molecule has 0 aliphatic heterocycles. The van der Waals surface area contributed by atoms with Gasteiger partial charge in [-0.25, -0.2) is 9.48 Å². The van der Waals surface area contributed by atoms with Crippen LogP contribution in [-0.2, 0) is 0 Å². The lowest BCUT2D eigenvalue weighted by Gasteiger charge is -2.00. The SMILES string of the molecule is O=C(O)c1cn(-c2ccccc2)nc1-c1ccc(Br)cc1. The van der Waals surface area contributed by atoms with E-state index >= 15 is 0 Å². The standard InChI is InChI=1S/C16H11BrN2O2/c17-12-8-6-11(7-9-12)15-14(16(20)21)10-19(18-15)13-4-2-1-3-5-13/h1-10H,(H,20,21). The van der Waals surface area contributed by atoms with E-state index in [4.69, 9.17) is 0 Å². The summed E-state index contributed by atoms with van der Waals surface area (Å²) < 4.78 is 2.52. The van der Waals surface area contributed by atoms with Gasteiger partial charge in [0.15, 0.2) is 0 Å². The zero-order valence-corrected chi connectivity index (χ0v) is 12.5. The van der Waals surface area contributed by atoms with Crippen LogP contribution in [-0.4, -0.2) is 20.9 Å². The Balaban J connectivity index is 2.14. The van der Waals surface area contributed by atoms with Crippen LogP contribution < -0.4 is 0 Å². The molecule has 1 N–H and O–H groups in total. The molecule has 3 aromatic rings. The Morgan fingerprint density at radius 2 is 1.71 bits per heavy atom. The van der Waals surface area contributed by atoms with E-state index in [1.54, 1.807) is 4.68 Å². The van der Waals surface area contributed by atoms with Crippen molar-refractivity contribution < 1.29 is 9.90 Å². The van der Waals surface area contributed by atoms with Crippen LogP contribution in [0.2, 0.25) is 0 Å².